The van der Waals surface area contributed by atoms with E-state index in [1.807, 2.05) is 0 Å². The topological polar surface area (TPSA) is 3.24 Å². The Kier molecular flexibility index (Phi) is 3.99. The maximum Gasteiger partial charge on any atom is 0.0369 e. The van der Waals surface area contributed by atoms with Crippen molar-refractivity contribution in [2.45, 2.75) is 52.9 Å². The van der Waals surface area contributed by atoms with Crippen LogP contribution in [0.1, 0.15) is 58.4 Å². The first-order chi connectivity index (χ1) is 8.52. The van der Waals surface area contributed by atoms with Gasteiger partial charge in [-0.2, -0.15) is 0 Å². The molecule has 1 aliphatic rings. The van der Waals surface area contributed by atoms with Gasteiger partial charge in [0.05, 0.1) is 0 Å². The molecule has 1 aromatic carbocycles. The van der Waals surface area contributed by atoms with Gasteiger partial charge in [-0.25, -0.2) is 0 Å². The van der Waals surface area contributed by atoms with Crippen LogP contribution in [-0.2, 0) is 0 Å². The Morgan fingerprint density at radius 3 is 2.78 bits per heavy atom. The molecule has 0 amide bonds. The Labute approximate surface area is 112 Å². The Hall–Kier alpha value is -0.980. The number of benzene rings is 1. The molecular weight excluding hydrogens is 218 g/mol. The summed E-state index contributed by atoms with van der Waals surface area (Å²) >= 11 is 0. The first kappa shape index (κ1) is 13.5. The van der Waals surface area contributed by atoms with Crippen molar-refractivity contribution in [3.05, 3.63) is 29.8 Å². The summed E-state index contributed by atoms with van der Waals surface area (Å²) in [7, 11) is 0. The molecule has 1 heterocycles. The molecule has 0 aromatic heterocycles. The second-order valence-corrected chi connectivity index (χ2v) is 6.59. The van der Waals surface area contributed by atoms with Gasteiger partial charge >= 0.3 is 0 Å². The summed E-state index contributed by atoms with van der Waals surface area (Å²) in [5.74, 6) is 0.669. The molecule has 1 unspecified atom stereocenters. The molecule has 18 heavy (non-hydrogen) atoms. The van der Waals surface area contributed by atoms with Gasteiger partial charge in [-0.3, -0.25) is 0 Å². The molecule has 2 rings (SSSR count). The van der Waals surface area contributed by atoms with Crippen LogP contribution in [0.5, 0.6) is 0 Å². The van der Waals surface area contributed by atoms with Gasteiger partial charge < -0.3 is 4.90 Å². The van der Waals surface area contributed by atoms with Gasteiger partial charge in [-0.05, 0) is 48.3 Å². The normalized spacial score (nSPS) is 20.8. The van der Waals surface area contributed by atoms with Gasteiger partial charge in [0.15, 0.2) is 0 Å². The minimum Gasteiger partial charge on any atom is -0.371 e. The smallest absolute Gasteiger partial charge is 0.0369 e. The van der Waals surface area contributed by atoms with Crippen molar-refractivity contribution in [3.63, 3.8) is 0 Å². The summed E-state index contributed by atoms with van der Waals surface area (Å²) < 4.78 is 0. The molecule has 0 saturated carbocycles. The quantitative estimate of drug-likeness (QED) is 0.737. The van der Waals surface area contributed by atoms with E-state index in [4.69, 9.17) is 0 Å². The van der Waals surface area contributed by atoms with Crippen molar-refractivity contribution in [1.29, 1.82) is 0 Å². The second-order valence-electron chi connectivity index (χ2n) is 6.59. The molecule has 1 saturated heterocycles. The van der Waals surface area contributed by atoms with Crippen LogP contribution in [-0.4, -0.2) is 13.1 Å². The van der Waals surface area contributed by atoms with Gasteiger partial charge in [-0.1, -0.05) is 39.8 Å². The summed E-state index contributed by atoms with van der Waals surface area (Å²) in [4.78, 5) is 2.56. The molecule has 1 nitrogen and oxygen atoms in total. The largest absolute Gasteiger partial charge is 0.371 e. The number of hydrogen-bond donors (Lipinski definition) is 0. The van der Waals surface area contributed by atoms with E-state index >= 15 is 0 Å². The lowest BCUT2D eigenvalue weighted by molar-refractivity contribution is 0.293. The highest BCUT2D eigenvalue weighted by Crippen LogP contribution is 2.32. The summed E-state index contributed by atoms with van der Waals surface area (Å²) in [6.45, 7) is 11.8. The molecule has 0 radical (unpaired) electrons. The molecule has 0 N–H and O–H groups in total. The van der Waals surface area contributed by atoms with E-state index in [1.165, 1.54) is 43.6 Å². The van der Waals surface area contributed by atoms with Gasteiger partial charge in [0.25, 0.3) is 0 Å². The average molecular weight is 245 g/mol. The van der Waals surface area contributed by atoms with Gasteiger partial charge in [0, 0.05) is 18.8 Å². The zero-order valence-electron chi connectivity index (χ0n) is 12.4. The highest BCUT2D eigenvalue weighted by atomic mass is 15.1. The van der Waals surface area contributed by atoms with Crippen molar-refractivity contribution < 1.29 is 0 Å². The Morgan fingerprint density at radius 2 is 2.11 bits per heavy atom. The standard InChI is InChI=1S/C17H27N/c1-5-14(2)15-8-6-9-16(12-15)18-11-7-10-17(3,4)13-18/h6,8-9,12,14H,5,7,10-11,13H2,1-4H3. The predicted molar refractivity (Wildman–Crippen MR) is 80.4 cm³/mol. The van der Waals surface area contributed by atoms with Gasteiger partial charge in [0.1, 0.15) is 0 Å². The Balaban J connectivity index is 2.18. The summed E-state index contributed by atoms with van der Waals surface area (Å²) in [6.07, 6.45) is 3.89. The fourth-order valence-corrected chi connectivity index (χ4v) is 2.91. The molecule has 0 bridgehead atoms. The maximum atomic E-state index is 2.56. The molecule has 100 valence electrons. The fourth-order valence-electron chi connectivity index (χ4n) is 2.91. The highest BCUT2D eigenvalue weighted by molar-refractivity contribution is 5.50. The third-order valence-electron chi connectivity index (χ3n) is 4.32. The lowest BCUT2D eigenvalue weighted by atomic mass is 9.84. The third kappa shape index (κ3) is 3.07. The van der Waals surface area contributed by atoms with Crippen LogP contribution in [0, 0.1) is 5.41 Å². The first-order valence-corrected chi connectivity index (χ1v) is 7.37. The van der Waals surface area contributed by atoms with Crippen LogP contribution in [0.25, 0.3) is 0 Å². The highest BCUT2D eigenvalue weighted by Gasteiger charge is 2.26. The summed E-state index contributed by atoms with van der Waals surface area (Å²) in [5.41, 5.74) is 3.36. The SMILES string of the molecule is CCC(C)c1cccc(N2CCCC(C)(C)C2)c1. The Bertz CT molecular complexity index is 394. The predicted octanol–water partition coefficient (Wildman–Crippen LogP) is 4.83. The van der Waals surface area contributed by atoms with Gasteiger partial charge in [0.2, 0.25) is 0 Å². The minimum absolute atomic E-state index is 0.463. The summed E-state index contributed by atoms with van der Waals surface area (Å²) in [5, 5.41) is 0. The van der Waals surface area contributed by atoms with Crippen molar-refractivity contribution in [1.82, 2.24) is 0 Å². The van der Waals surface area contributed by atoms with E-state index in [-0.39, 0.29) is 0 Å². The van der Waals surface area contributed by atoms with Crippen LogP contribution in [0.15, 0.2) is 24.3 Å². The lowest BCUT2D eigenvalue weighted by Crippen LogP contribution is -2.40. The zero-order valence-corrected chi connectivity index (χ0v) is 12.4. The van der Waals surface area contributed by atoms with Crippen molar-refractivity contribution in [2.24, 2.45) is 5.41 Å². The molecular formula is C17H27N. The van der Waals surface area contributed by atoms with Crippen molar-refractivity contribution in [2.75, 3.05) is 18.0 Å². The molecule has 0 spiro atoms. The van der Waals surface area contributed by atoms with Crippen LogP contribution in [0.4, 0.5) is 5.69 Å². The molecule has 1 atom stereocenters. The third-order valence-corrected chi connectivity index (χ3v) is 4.32. The van der Waals surface area contributed by atoms with E-state index in [9.17, 15) is 0 Å². The monoisotopic (exact) mass is 245 g/mol. The van der Waals surface area contributed by atoms with Crippen LogP contribution >= 0.6 is 0 Å². The van der Waals surface area contributed by atoms with Crippen molar-refractivity contribution in [3.8, 4) is 0 Å². The Morgan fingerprint density at radius 1 is 1.33 bits per heavy atom. The van der Waals surface area contributed by atoms with E-state index in [2.05, 4.69) is 56.9 Å². The molecule has 0 aliphatic carbocycles. The van der Waals surface area contributed by atoms with Crippen molar-refractivity contribution >= 4 is 5.69 Å². The molecule has 1 aromatic rings. The van der Waals surface area contributed by atoms with Crippen LogP contribution in [0.3, 0.4) is 0 Å². The number of piperidine rings is 1. The fraction of sp³-hybridized carbons (Fsp3) is 0.647. The van der Waals surface area contributed by atoms with E-state index in [1.54, 1.807) is 0 Å². The average Bonchev–Trinajstić information content (AvgIpc) is 2.37. The summed E-state index contributed by atoms with van der Waals surface area (Å²) in [6, 6.07) is 9.16. The maximum absolute atomic E-state index is 2.56. The second kappa shape index (κ2) is 5.34. The zero-order chi connectivity index (χ0) is 13.2. The van der Waals surface area contributed by atoms with Gasteiger partial charge in [-0.15, -0.1) is 0 Å². The molecule has 1 fully saturated rings. The number of nitrogens with zero attached hydrogens (tertiary/aromatic N) is 1. The molecule has 1 aliphatic heterocycles. The van der Waals surface area contributed by atoms with E-state index in [0.717, 1.165) is 0 Å². The number of anilines is 1. The van der Waals surface area contributed by atoms with Crippen LogP contribution < -0.4 is 4.90 Å². The minimum atomic E-state index is 0.463. The number of hydrogen-bond acceptors (Lipinski definition) is 1. The molecule has 1 heteroatoms. The number of rotatable bonds is 3. The first-order valence-electron chi connectivity index (χ1n) is 7.37. The van der Waals surface area contributed by atoms with Crippen LogP contribution in [0.2, 0.25) is 0 Å². The lowest BCUT2D eigenvalue weighted by Gasteiger charge is -2.39. The van der Waals surface area contributed by atoms with E-state index in [0.29, 0.717) is 11.3 Å². The van der Waals surface area contributed by atoms with E-state index < -0.39 is 0 Å².